The van der Waals surface area contributed by atoms with Crippen LogP contribution in [0, 0.1) is 0 Å². The molecule has 0 unspecified atom stereocenters. The smallest absolute Gasteiger partial charge is 0.311 e. The molecule has 0 saturated heterocycles. The molecule has 0 atom stereocenters. The number of carbonyl (C=O) groups excluding carboxylic acids is 1. The summed E-state index contributed by atoms with van der Waals surface area (Å²) in [5.74, 6) is -1.14. The summed E-state index contributed by atoms with van der Waals surface area (Å²) in [4.78, 5) is 11.1. The van der Waals surface area contributed by atoms with Crippen molar-refractivity contribution in [2.75, 3.05) is 0 Å². The van der Waals surface area contributed by atoms with E-state index in [2.05, 4.69) is 0 Å². The fraction of sp³-hybridized carbons (Fsp3) is 0.300. The monoisotopic (exact) mass is 196 g/mol. The van der Waals surface area contributed by atoms with Gasteiger partial charge in [0.15, 0.2) is 11.5 Å². The standard InChI is InChI=1S/C10H12O4/c1-2-4-9(12)14-8-6-3-5-7(11)10(8)13/h3,5-6,11,13H,2,4H2,1H3. The van der Waals surface area contributed by atoms with Crippen LogP contribution >= 0.6 is 0 Å². The summed E-state index contributed by atoms with van der Waals surface area (Å²) in [6, 6.07) is 4.22. The zero-order valence-electron chi connectivity index (χ0n) is 7.86. The number of para-hydroxylation sites is 1. The Kier molecular flexibility index (Phi) is 3.34. The fourth-order valence-electron chi connectivity index (χ4n) is 0.971. The van der Waals surface area contributed by atoms with Crippen molar-refractivity contribution in [1.82, 2.24) is 0 Å². The SMILES string of the molecule is CCCC(=O)Oc1cccc(O)c1O. The second kappa shape index (κ2) is 4.50. The lowest BCUT2D eigenvalue weighted by Crippen LogP contribution is -2.06. The molecule has 1 aromatic carbocycles. The number of ether oxygens (including phenoxy) is 1. The molecule has 76 valence electrons. The molecule has 0 spiro atoms. The van der Waals surface area contributed by atoms with Gasteiger partial charge in [0.05, 0.1) is 0 Å². The van der Waals surface area contributed by atoms with Crippen LogP contribution in [0.5, 0.6) is 17.2 Å². The molecule has 1 rings (SSSR count). The van der Waals surface area contributed by atoms with Crippen LogP contribution in [0.1, 0.15) is 19.8 Å². The fourth-order valence-corrected chi connectivity index (χ4v) is 0.971. The number of aromatic hydroxyl groups is 2. The van der Waals surface area contributed by atoms with Gasteiger partial charge in [-0.25, -0.2) is 0 Å². The summed E-state index contributed by atoms with van der Waals surface area (Å²) in [6.07, 6.45) is 0.966. The number of carbonyl (C=O) groups is 1. The average molecular weight is 196 g/mol. The van der Waals surface area contributed by atoms with Gasteiger partial charge in [-0.15, -0.1) is 0 Å². The highest BCUT2D eigenvalue weighted by molar-refractivity contribution is 5.73. The number of hydrogen-bond acceptors (Lipinski definition) is 4. The molecule has 0 aliphatic rings. The number of phenols is 2. The molecule has 0 saturated carbocycles. The predicted octanol–water partition coefficient (Wildman–Crippen LogP) is 1.80. The summed E-state index contributed by atoms with van der Waals surface area (Å²) in [5, 5.41) is 18.4. The highest BCUT2D eigenvalue weighted by Crippen LogP contribution is 2.34. The van der Waals surface area contributed by atoms with Crippen LogP contribution in [0.2, 0.25) is 0 Å². The van der Waals surface area contributed by atoms with Gasteiger partial charge in [-0.1, -0.05) is 13.0 Å². The molecule has 1 aromatic rings. The van der Waals surface area contributed by atoms with Crippen molar-refractivity contribution in [3.05, 3.63) is 18.2 Å². The summed E-state index contributed by atoms with van der Waals surface area (Å²) >= 11 is 0. The molecular formula is C10H12O4. The topological polar surface area (TPSA) is 66.8 Å². The first-order valence-corrected chi connectivity index (χ1v) is 4.36. The van der Waals surface area contributed by atoms with E-state index in [4.69, 9.17) is 9.84 Å². The molecule has 4 nitrogen and oxygen atoms in total. The second-order valence-electron chi connectivity index (χ2n) is 2.85. The van der Waals surface area contributed by atoms with Crippen LogP contribution in [-0.4, -0.2) is 16.2 Å². The molecule has 2 N–H and O–H groups in total. The van der Waals surface area contributed by atoms with E-state index in [1.807, 2.05) is 6.92 Å². The Morgan fingerprint density at radius 1 is 1.43 bits per heavy atom. The number of esters is 1. The maximum Gasteiger partial charge on any atom is 0.311 e. The van der Waals surface area contributed by atoms with Crippen LogP contribution in [0.3, 0.4) is 0 Å². The van der Waals surface area contributed by atoms with Crippen molar-refractivity contribution >= 4 is 5.97 Å². The van der Waals surface area contributed by atoms with Crippen LogP contribution in [0.15, 0.2) is 18.2 Å². The molecule has 0 aromatic heterocycles. The predicted molar refractivity (Wildman–Crippen MR) is 50.3 cm³/mol. The van der Waals surface area contributed by atoms with E-state index in [9.17, 15) is 9.90 Å². The van der Waals surface area contributed by atoms with Crippen LogP contribution in [0.25, 0.3) is 0 Å². The van der Waals surface area contributed by atoms with E-state index >= 15 is 0 Å². The van der Waals surface area contributed by atoms with Crippen molar-refractivity contribution in [2.45, 2.75) is 19.8 Å². The molecular weight excluding hydrogens is 184 g/mol. The Balaban J connectivity index is 2.76. The third-order valence-corrected chi connectivity index (χ3v) is 1.66. The van der Waals surface area contributed by atoms with E-state index in [-0.39, 0.29) is 17.9 Å². The number of hydrogen-bond donors (Lipinski definition) is 2. The molecule has 0 aliphatic heterocycles. The zero-order chi connectivity index (χ0) is 10.6. The van der Waals surface area contributed by atoms with Crippen LogP contribution < -0.4 is 4.74 Å². The average Bonchev–Trinajstić information content (AvgIpc) is 2.13. The van der Waals surface area contributed by atoms with Crippen LogP contribution in [0.4, 0.5) is 0 Å². The van der Waals surface area contributed by atoms with Gasteiger partial charge in [0, 0.05) is 6.42 Å². The maximum atomic E-state index is 11.1. The van der Waals surface area contributed by atoms with Crippen LogP contribution in [-0.2, 0) is 4.79 Å². The molecule has 0 aliphatic carbocycles. The van der Waals surface area contributed by atoms with Crippen molar-refractivity contribution in [1.29, 1.82) is 0 Å². The van der Waals surface area contributed by atoms with Gasteiger partial charge in [-0.3, -0.25) is 4.79 Å². The summed E-state index contributed by atoms with van der Waals surface area (Å²) in [7, 11) is 0. The van der Waals surface area contributed by atoms with Crippen molar-refractivity contribution in [3.63, 3.8) is 0 Å². The molecule has 0 fully saturated rings. The largest absolute Gasteiger partial charge is 0.504 e. The molecule has 0 heterocycles. The first-order chi connectivity index (χ1) is 6.65. The van der Waals surface area contributed by atoms with Gasteiger partial charge in [0.1, 0.15) is 0 Å². The maximum absolute atomic E-state index is 11.1. The van der Waals surface area contributed by atoms with Gasteiger partial charge in [-0.05, 0) is 18.6 Å². The molecule has 0 radical (unpaired) electrons. The van der Waals surface area contributed by atoms with Gasteiger partial charge in [-0.2, -0.15) is 0 Å². The molecule has 0 bridgehead atoms. The third-order valence-electron chi connectivity index (χ3n) is 1.66. The van der Waals surface area contributed by atoms with Crippen molar-refractivity contribution in [2.24, 2.45) is 0 Å². The minimum Gasteiger partial charge on any atom is -0.504 e. The quantitative estimate of drug-likeness (QED) is 0.439. The normalized spacial score (nSPS) is 9.79. The number of phenolic OH excluding ortho intramolecular Hbond substituents is 2. The highest BCUT2D eigenvalue weighted by Gasteiger charge is 2.10. The Hall–Kier alpha value is -1.71. The minimum atomic E-state index is -0.423. The number of rotatable bonds is 3. The summed E-state index contributed by atoms with van der Waals surface area (Å²) < 4.78 is 4.82. The van der Waals surface area contributed by atoms with E-state index < -0.39 is 11.7 Å². The van der Waals surface area contributed by atoms with E-state index in [1.165, 1.54) is 18.2 Å². The Morgan fingerprint density at radius 3 is 2.79 bits per heavy atom. The third kappa shape index (κ3) is 2.39. The van der Waals surface area contributed by atoms with Gasteiger partial charge in [0.25, 0.3) is 0 Å². The number of benzene rings is 1. The minimum absolute atomic E-state index is 0.0107. The van der Waals surface area contributed by atoms with E-state index in [0.29, 0.717) is 6.42 Å². The lowest BCUT2D eigenvalue weighted by Gasteiger charge is -2.05. The second-order valence-corrected chi connectivity index (χ2v) is 2.85. The summed E-state index contributed by atoms with van der Waals surface area (Å²) in [6.45, 7) is 1.85. The summed E-state index contributed by atoms with van der Waals surface area (Å²) in [5.41, 5.74) is 0. The van der Waals surface area contributed by atoms with Gasteiger partial charge < -0.3 is 14.9 Å². The molecule has 14 heavy (non-hydrogen) atoms. The van der Waals surface area contributed by atoms with Crippen molar-refractivity contribution < 1.29 is 19.7 Å². The Labute approximate surface area is 81.8 Å². The molecule has 4 heteroatoms. The first-order valence-electron chi connectivity index (χ1n) is 4.36. The Morgan fingerprint density at radius 2 is 2.14 bits per heavy atom. The Bertz CT molecular complexity index is 333. The highest BCUT2D eigenvalue weighted by atomic mass is 16.5. The lowest BCUT2D eigenvalue weighted by molar-refractivity contribution is -0.134. The van der Waals surface area contributed by atoms with Crippen molar-refractivity contribution in [3.8, 4) is 17.2 Å². The lowest BCUT2D eigenvalue weighted by atomic mass is 10.3. The van der Waals surface area contributed by atoms with E-state index in [0.717, 1.165) is 0 Å². The van der Waals surface area contributed by atoms with Gasteiger partial charge >= 0.3 is 5.97 Å². The molecule has 0 amide bonds. The first kappa shape index (κ1) is 10.4. The zero-order valence-corrected chi connectivity index (χ0v) is 7.86. The van der Waals surface area contributed by atoms with Gasteiger partial charge in [0.2, 0.25) is 5.75 Å². The van der Waals surface area contributed by atoms with E-state index in [1.54, 1.807) is 0 Å².